The van der Waals surface area contributed by atoms with Crippen LogP contribution in [0.5, 0.6) is 0 Å². The fraction of sp³-hybridized carbons (Fsp3) is 0.250. The zero-order valence-electron chi connectivity index (χ0n) is 21.2. The second-order valence-electron chi connectivity index (χ2n) is 8.28. The van der Waals surface area contributed by atoms with Crippen LogP contribution in [0.1, 0.15) is 32.3 Å². The predicted molar refractivity (Wildman–Crippen MR) is 148 cm³/mol. The van der Waals surface area contributed by atoms with Crippen molar-refractivity contribution in [3.8, 4) is 11.8 Å². The highest BCUT2D eigenvalue weighted by molar-refractivity contribution is 7.85. The molecule has 0 aliphatic carbocycles. The minimum absolute atomic E-state index is 0.0106. The number of amides is 1. The fourth-order valence-corrected chi connectivity index (χ4v) is 4.97. The largest absolute Gasteiger partial charge is 0.481 e. The molecule has 0 saturated carbocycles. The van der Waals surface area contributed by atoms with Gasteiger partial charge >= 0.3 is 5.97 Å². The highest BCUT2D eigenvalue weighted by Crippen LogP contribution is 2.37. The van der Waals surface area contributed by atoms with Gasteiger partial charge in [0.05, 0.1) is 26.8 Å². The van der Waals surface area contributed by atoms with E-state index in [0.29, 0.717) is 25.2 Å². The Kier molecular flexibility index (Phi) is 9.83. The van der Waals surface area contributed by atoms with E-state index in [1.807, 2.05) is 17.9 Å². The van der Waals surface area contributed by atoms with E-state index < -0.39 is 21.0 Å². The summed E-state index contributed by atoms with van der Waals surface area (Å²) in [7, 11) is -4.60. The first-order chi connectivity index (χ1) is 18.8. The van der Waals surface area contributed by atoms with Crippen molar-refractivity contribution in [3.63, 3.8) is 0 Å². The number of hydrogen-bond acceptors (Lipinski definition) is 9. The Morgan fingerprint density at radius 1 is 1.20 bits per heavy atom. The van der Waals surface area contributed by atoms with Crippen molar-refractivity contribution >= 4 is 68.1 Å². The summed E-state index contributed by atoms with van der Waals surface area (Å²) in [5.74, 6) is -1.35. The summed E-state index contributed by atoms with van der Waals surface area (Å²) in [4.78, 5) is 24.2. The van der Waals surface area contributed by atoms with Crippen LogP contribution in [0, 0.1) is 11.3 Å². The second kappa shape index (κ2) is 12.9. The Labute approximate surface area is 239 Å². The molecule has 0 fully saturated rings. The minimum atomic E-state index is -4.60. The van der Waals surface area contributed by atoms with Crippen LogP contribution >= 0.6 is 23.2 Å². The number of carbonyl (C=O) groups excluding carboxylic acids is 1. The first-order valence-corrected chi connectivity index (χ1v) is 13.8. The Hall–Kier alpha value is -4.03. The minimum Gasteiger partial charge on any atom is -0.481 e. The number of carbonyl (C=O) groups is 2. The maximum absolute atomic E-state index is 11.9. The second-order valence-corrected chi connectivity index (χ2v) is 10.5. The molecule has 0 radical (unpaired) electrons. The molecule has 0 aliphatic heterocycles. The number of nitrogens with one attached hydrogen (secondary N) is 1. The molecule has 3 N–H and O–H groups in total. The molecule has 40 heavy (non-hydrogen) atoms. The summed E-state index contributed by atoms with van der Waals surface area (Å²) < 4.78 is 33.5. The van der Waals surface area contributed by atoms with Gasteiger partial charge < -0.3 is 15.3 Å². The van der Waals surface area contributed by atoms with Crippen LogP contribution in [0.3, 0.4) is 0 Å². The van der Waals surface area contributed by atoms with Crippen molar-refractivity contribution in [2.75, 3.05) is 23.3 Å². The van der Waals surface area contributed by atoms with Crippen molar-refractivity contribution < 1.29 is 27.7 Å². The Morgan fingerprint density at radius 2 is 1.88 bits per heavy atom. The van der Waals surface area contributed by atoms with Crippen molar-refractivity contribution in [1.29, 1.82) is 5.26 Å². The molecule has 1 heterocycles. The van der Waals surface area contributed by atoms with E-state index in [4.69, 9.17) is 28.3 Å². The van der Waals surface area contributed by atoms with Crippen LogP contribution in [-0.4, -0.2) is 52.8 Å². The fourth-order valence-electron chi connectivity index (χ4n) is 3.66. The van der Waals surface area contributed by atoms with Crippen LogP contribution in [-0.2, 0) is 19.7 Å². The summed E-state index contributed by atoms with van der Waals surface area (Å²) in [6.07, 6.45) is 1.63. The maximum Gasteiger partial charge on any atom is 0.303 e. The van der Waals surface area contributed by atoms with Gasteiger partial charge in [-0.05, 0) is 43.7 Å². The van der Waals surface area contributed by atoms with Gasteiger partial charge in [-0.1, -0.05) is 23.2 Å². The molecule has 0 saturated heterocycles. The maximum atomic E-state index is 11.9. The first-order valence-electron chi connectivity index (χ1n) is 11.6. The number of nitrogens with zero attached hydrogens (tertiary/aromatic N) is 6. The topological polar surface area (TPSA) is 190 Å². The van der Waals surface area contributed by atoms with E-state index >= 15 is 0 Å². The molecule has 210 valence electrons. The van der Waals surface area contributed by atoms with E-state index in [-0.39, 0.29) is 45.1 Å². The number of anilines is 2. The number of azo groups is 1. The van der Waals surface area contributed by atoms with E-state index in [1.54, 1.807) is 18.2 Å². The number of halogens is 2. The average Bonchev–Trinajstić information content (AvgIpc) is 3.26. The lowest BCUT2D eigenvalue weighted by molar-refractivity contribution is -0.137. The van der Waals surface area contributed by atoms with E-state index in [0.717, 1.165) is 22.5 Å². The van der Waals surface area contributed by atoms with Gasteiger partial charge in [-0.3, -0.25) is 14.1 Å². The summed E-state index contributed by atoms with van der Waals surface area (Å²) in [6, 6.07) is 8.86. The molecule has 3 rings (SSSR count). The smallest absolute Gasteiger partial charge is 0.303 e. The first kappa shape index (κ1) is 30.5. The Bertz CT molecular complexity index is 1610. The summed E-state index contributed by atoms with van der Waals surface area (Å²) in [6.45, 7) is 4.30. The number of carboxylic acids is 1. The van der Waals surface area contributed by atoms with Gasteiger partial charge in [-0.2, -0.15) is 18.8 Å². The number of nitriles is 1. The molecule has 0 spiro atoms. The number of aliphatic carboxylic acids is 1. The molecule has 1 amide bonds. The lowest BCUT2D eigenvalue weighted by atomic mass is 10.2. The molecular weight excluding hydrogens is 585 g/mol. The van der Waals surface area contributed by atoms with Gasteiger partial charge in [0.1, 0.15) is 23.0 Å². The molecule has 1 aromatic heterocycles. The molecule has 0 aliphatic rings. The SMILES string of the molecule is CCN(CCCC(=O)O)c1ccc(N=Nc2c(C#N)cnn2-c2c(Cl)cc(S(=O)(=O)O)cc2Cl)c(NC(C)=O)c1. The van der Waals surface area contributed by atoms with E-state index in [1.165, 1.54) is 13.1 Å². The van der Waals surface area contributed by atoms with E-state index in [2.05, 4.69) is 20.6 Å². The lowest BCUT2D eigenvalue weighted by Crippen LogP contribution is -2.24. The Morgan fingerprint density at radius 3 is 2.42 bits per heavy atom. The number of benzene rings is 2. The quantitative estimate of drug-likeness (QED) is 0.190. The molecule has 16 heteroatoms. The van der Waals surface area contributed by atoms with Crippen molar-refractivity contribution in [2.24, 2.45) is 10.2 Å². The van der Waals surface area contributed by atoms with Gasteiger partial charge in [-0.25, -0.2) is 4.68 Å². The third-order valence-electron chi connectivity index (χ3n) is 5.47. The van der Waals surface area contributed by atoms with Gasteiger partial charge in [0.2, 0.25) is 5.91 Å². The van der Waals surface area contributed by atoms with Crippen molar-refractivity contribution in [2.45, 2.75) is 31.6 Å². The van der Waals surface area contributed by atoms with Crippen LogP contribution in [0.15, 0.2) is 51.7 Å². The molecule has 3 aromatic rings. The molecule has 2 aromatic carbocycles. The number of carboxylic acid groups (broad SMARTS) is 1. The summed E-state index contributed by atoms with van der Waals surface area (Å²) >= 11 is 12.5. The normalized spacial score (nSPS) is 11.4. The van der Waals surface area contributed by atoms with Crippen LogP contribution in [0.4, 0.5) is 22.9 Å². The standard InChI is InChI=1S/C24H23Cl2N7O6S/c1-3-32(8-4-5-22(35)36)16-6-7-20(21(9-16)29-14(2)34)30-31-24-15(12-27)13-28-33(24)23-18(25)10-17(11-19(23)26)40(37,38)39/h6-7,9-11,13H,3-5,8H2,1-2H3,(H,29,34)(H,35,36)(H,37,38,39). The van der Waals surface area contributed by atoms with Gasteiger partial charge in [0, 0.05) is 32.1 Å². The zero-order valence-corrected chi connectivity index (χ0v) is 23.5. The highest BCUT2D eigenvalue weighted by atomic mass is 35.5. The number of rotatable bonds is 11. The lowest BCUT2D eigenvalue weighted by Gasteiger charge is -2.24. The monoisotopic (exact) mass is 607 g/mol. The summed E-state index contributed by atoms with van der Waals surface area (Å²) in [5, 5.41) is 33.2. The molecule has 0 unspecified atom stereocenters. The van der Waals surface area contributed by atoms with Crippen LogP contribution in [0.2, 0.25) is 10.0 Å². The number of aromatic nitrogens is 2. The third-order valence-corrected chi connectivity index (χ3v) is 6.88. The average molecular weight is 608 g/mol. The van der Waals surface area contributed by atoms with Crippen LogP contribution < -0.4 is 10.2 Å². The Balaban J connectivity index is 2.05. The molecular formula is C24H23Cl2N7O6S. The molecule has 13 nitrogen and oxygen atoms in total. The highest BCUT2D eigenvalue weighted by Gasteiger charge is 2.21. The zero-order chi connectivity index (χ0) is 29.6. The molecule has 0 bridgehead atoms. The van der Waals surface area contributed by atoms with Gasteiger partial charge in [-0.15, -0.1) is 10.2 Å². The third kappa shape index (κ3) is 7.33. The van der Waals surface area contributed by atoms with E-state index in [9.17, 15) is 27.8 Å². The molecule has 0 atom stereocenters. The van der Waals surface area contributed by atoms with Crippen molar-refractivity contribution in [1.82, 2.24) is 9.78 Å². The van der Waals surface area contributed by atoms with Gasteiger partial charge in [0.25, 0.3) is 10.1 Å². The predicted octanol–water partition coefficient (Wildman–Crippen LogP) is 5.36. The van der Waals surface area contributed by atoms with Crippen molar-refractivity contribution in [3.05, 3.63) is 52.1 Å². The number of hydrogen-bond donors (Lipinski definition) is 3. The van der Waals surface area contributed by atoms with Crippen LogP contribution in [0.25, 0.3) is 5.69 Å². The summed E-state index contributed by atoms with van der Waals surface area (Å²) in [5.41, 5.74) is 1.24. The van der Waals surface area contributed by atoms with Gasteiger partial charge in [0.15, 0.2) is 5.82 Å².